The van der Waals surface area contributed by atoms with E-state index in [4.69, 9.17) is 19.8 Å². The third kappa shape index (κ3) is 3.92. The second kappa shape index (κ2) is 7.83. The molecule has 27 heavy (non-hydrogen) atoms. The fraction of sp³-hybridized carbons (Fsp3) is 0.364. The Morgan fingerprint density at radius 1 is 1.19 bits per heavy atom. The van der Waals surface area contributed by atoms with Crippen LogP contribution in [0.4, 0.5) is 0 Å². The summed E-state index contributed by atoms with van der Waals surface area (Å²) in [5, 5.41) is 4.47. The first-order valence-electron chi connectivity index (χ1n) is 12.0. The number of nitrogens with zero attached hydrogens (tertiary/aromatic N) is 3. The van der Waals surface area contributed by atoms with Crippen LogP contribution in [-0.2, 0) is 6.37 Å². The van der Waals surface area contributed by atoms with Crippen molar-refractivity contribution in [3.63, 3.8) is 0 Å². The number of halogens is 1. The van der Waals surface area contributed by atoms with Crippen molar-refractivity contribution in [2.24, 2.45) is 0 Å². The molecule has 0 saturated carbocycles. The predicted molar refractivity (Wildman–Crippen MR) is 111 cm³/mol. The third-order valence-corrected chi connectivity index (χ3v) is 5.18. The van der Waals surface area contributed by atoms with Crippen molar-refractivity contribution in [3.8, 4) is 0 Å². The van der Waals surface area contributed by atoms with Crippen molar-refractivity contribution in [1.29, 1.82) is 0 Å². The van der Waals surface area contributed by atoms with Gasteiger partial charge < -0.3 is 4.90 Å². The molecule has 1 aromatic heterocycles. The molecule has 1 unspecified atom stereocenters. The highest BCUT2D eigenvalue weighted by molar-refractivity contribution is 6.30. The quantitative estimate of drug-likeness (QED) is 0.672. The van der Waals surface area contributed by atoms with Crippen LogP contribution in [0.1, 0.15) is 44.8 Å². The Morgan fingerprint density at radius 2 is 1.93 bits per heavy atom. The van der Waals surface area contributed by atoms with Gasteiger partial charge in [0.1, 0.15) is 0 Å². The molecule has 0 amide bonds. The average molecular weight is 388 g/mol. The second-order valence-corrected chi connectivity index (χ2v) is 7.30. The maximum Gasteiger partial charge on any atom is 0.274 e. The van der Waals surface area contributed by atoms with Gasteiger partial charge >= 0.3 is 0 Å². The first kappa shape index (κ1) is 12.3. The molecule has 0 bridgehead atoms. The zero-order chi connectivity index (χ0) is 24.1. The van der Waals surface area contributed by atoms with E-state index in [2.05, 4.69) is 10.00 Å². The molecule has 5 heteroatoms. The molecule has 3 aromatic rings. The summed E-state index contributed by atoms with van der Waals surface area (Å²) >= 11 is 5.97. The Kier molecular flexibility index (Phi) is 3.57. The molecular formula is C22H24ClN3O. The van der Waals surface area contributed by atoms with Crippen LogP contribution in [0.3, 0.4) is 0 Å². The van der Waals surface area contributed by atoms with Crippen molar-refractivity contribution >= 4 is 22.4 Å². The number of aromatic nitrogens is 2. The molecule has 140 valence electrons. The molecule has 1 atom stereocenters. The van der Waals surface area contributed by atoms with Crippen LogP contribution in [0.15, 0.2) is 53.2 Å². The van der Waals surface area contributed by atoms with E-state index in [0.717, 1.165) is 19.5 Å². The van der Waals surface area contributed by atoms with E-state index in [1.54, 1.807) is 12.1 Å². The first-order valence-corrected chi connectivity index (χ1v) is 9.39. The maximum atomic E-state index is 13.5. The molecule has 2 aromatic carbocycles. The molecule has 1 fully saturated rings. The lowest BCUT2D eigenvalue weighted by atomic mass is 10.0. The minimum atomic E-state index is -2.24. The maximum absolute atomic E-state index is 13.5. The Balaban J connectivity index is 2.07. The van der Waals surface area contributed by atoms with Gasteiger partial charge in [-0.25, -0.2) is 4.68 Å². The van der Waals surface area contributed by atoms with E-state index in [0.29, 0.717) is 17.9 Å². The highest BCUT2D eigenvalue weighted by Gasteiger charge is 2.21. The SMILES string of the molecule is [2H]c1c([2H])c([2H])c2c(=O)n(C3CCCN(C)CC3)nc(C([2H])([2H])c3ccc(Cl)cc3)c2c1[2H]. The Hall–Kier alpha value is -2.17. The van der Waals surface area contributed by atoms with Crippen LogP contribution in [0.5, 0.6) is 0 Å². The van der Waals surface area contributed by atoms with Crippen molar-refractivity contribution in [2.75, 3.05) is 20.1 Å². The summed E-state index contributed by atoms with van der Waals surface area (Å²) < 4.78 is 52.0. The van der Waals surface area contributed by atoms with Gasteiger partial charge in [0.2, 0.25) is 0 Å². The van der Waals surface area contributed by atoms with Crippen LogP contribution in [0, 0.1) is 0 Å². The van der Waals surface area contributed by atoms with Crippen molar-refractivity contribution < 1.29 is 8.22 Å². The van der Waals surface area contributed by atoms with Crippen LogP contribution in [0.2, 0.25) is 5.02 Å². The van der Waals surface area contributed by atoms with E-state index < -0.39 is 36.1 Å². The number of hydrogen-bond donors (Lipinski definition) is 0. The van der Waals surface area contributed by atoms with E-state index in [1.165, 1.54) is 16.8 Å². The molecule has 0 spiro atoms. The van der Waals surface area contributed by atoms with E-state index in [9.17, 15) is 4.79 Å². The number of fused-ring (bicyclic) bond motifs is 1. The van der Waals surface area contributed by atoms with E-state index in [-0.39, 0.29) is 28.1 Å². The zero-order valence-corrected chi connectivity index (χ0v) is 15.8. The van der Waals surface area contributed by atoms with Crippen LogP contribution >= 0.6 is 11.6 Å². The fourth-order valence-electron chi connectivity index (χ4n) is 3.44. The van der Waals surface area contributed by atoms with Gasteiger partial charge in [0.15, 0.2) is 0 Å². The average Bonchev–Trinajstić information content (AvgIpc) is 3.00. The second-order valence-electron chi connectivity index (χ2n) is 6.87. The standard InChI is InChI=1S/C22H24ClN3O/c1-25-13-4-5-18(12-14-25)26-22(27)20-7-3-2-6-19(20)21(24-26)15-16-8-10-17(23)11-9-16/h2-3,6-11,18H,4-5,12-15H2,1H3/i2D,3D,6D,7D,15D2. The number of likely N-dealkylation sites (tertiary alicyclic amines) is 1. The number of rotatable bonds is 3. The lowest BCUT2D eigenvalue weighted by Gasteiger charge is -2.19. The molecule has 1 aliphatic rings. The summed E-state index contributed by atoms with van der Waals surface area (Å²) in [5.74, 6) is 0. The van der Waals surface area contributed by atoms with Crippen LogP contribution < -0.4 is 5.56 Å². The summed E-state index contributed by atoms with van der Waals surface area (Å²) in [5.41, 5.74) is -0.606. The highest BCUT2D eigenvalue weighted by Crippen LogP contribution is 2.23. The van der Waals surface area contributed by atoms with Gasteiger partial charge in [0.05, 0.1) is 22.6 Å². The topological polar surface area (TPSA) is 38.1 Å². The van der Waals surface area contributed by atoms with E-state index in [1.807, 2.05) is 7.05 Å². The van der Waals surface area contributed by atoms with Gasteiger partial charge in [0.25, 0.3) is 5.56 Å². The summed E-state index contributed by atoms with van der Waals surface area (Å²) in [6.45, 7) is 1.61. The predicted octanol–water partition coefficient (Wildman–Crippen LogP) is 4.30. The molecule has 0 aliphatic carbocycles. The summed E-state index contributed by atoms with van der Waals surface area (Å²) in [7, 11) is 2.00. The van der Waals surface area contributed by atoms with Crippen molar-refractivity contribution in [2.45, 2.75) is 31.7 Å². The summed E-state index contributed by atoms with van der Waals surface area (Å²) in [6, 6.07) is 3.80. The van der Waals surface area contributed by atoms with E-state index >= 15 is 0 Å². The lowest BCUT2D eigenvalue weighted by Crippen LogP contribution is -2.29. The molecule has 1 aliphatic heterocycles. The summed E-state index contributed by atoms with van der Waals surface area (Å²) in [4.78, 5) is 15.7. The minimum absolute atomic E-state index is 0.187. The highest BCUT2D eigenvalue weighted by atomic mass is 35.5. The van der Waals surface area contributed by atoms with Gasteiger partial charge in [-0.2, -0.15) is 5.10 Å². The monoisotopic (exact) mass is 387 g/mol. The number of hydrogen-bond acceptors (Lipinski definition) is 3. The molecular weight excluding hydrogens is 358 g/mol. The lowest BCUT2D eigenvalue weighted by molar-refractivity contribution is 0.334. The van der Waals surface area contributed by atoms with Gasteiger partial charge in [-0.1, -0.05) is 41.9 Å². The fourth-order valence-corrected chi connectivity index (χ4v) is 3.57. The van der Waals surface area contributed by atoms with Gasteiger partial charge in [0, 0.05) is 19.5 Å². The first-order chi connectivity index (χ1) is 15.5. The zero-order valence-electron chi connectivity index (χ0n) is 21.1. The number of benzene rings is 2. The molecule has 2 heterocycles. The van der Waals surface area contributed by atoms with Crippen LogP contribution in [0.25, 0.3) is 10.8 Å². The Morgan fingerprint density at radius 3 is 2.70 bits per heavy atom. The normalized spacial score (nSPS) is 22.2. The molecule has 1 saturated heterocycles. The Bertz CT molecular complexity index is 1280. The molecule has 4 nitrogen and oxygen atoms in total. The van der Waals surface area contributed by atoms with Gasteiger partial charge in [-0.05, 0) is 63.1 Å². The van der Waals surface area contributed by atoms with Gasteiger partial charge in [-0.15, -0.1) is 0 Å². The largest absolute Gasteiger partial charge is 0.306 e. The molecule has 0 radical (unpaired) electrons. The van der Waals surface area contributed by atoms with Crippen molar-refractivity contribution in [1.82, 2.24) is 14.7 Å². The minimum Gasteiger partial charge on any atom is -0.306 e. The summed E-state index contributed by atoms with van der Waals surface area (Å²) in [6.07, 6.45) is -0.112. The Labute approximate surface area is 172 Å². The molecule has 0 N–H and O–H groups in total. The molecule has 4 rings (SSSR count). The third-order valence-electron chi connectivity index (χ3n) is 4.93. The van der Waals surface area contributed by atoms with Crippen LogP contribution in [-0.4, -0.2) is 34.8 Å². The van der Waals surface area contributed by atoms with Gasteiger partial charge in [-0.3, -0.25) is 4.79 Å². The smallest absolute Gasteiger partial charge is 0.274 e. The van der Waals surface area contributed by atoms with Crippen molar-refractivity contribution in [3.05, 3.63) is 75.1 Å².